The van der Waals surface area contributed by atoms with E-state index in [4.69, 9.17) is 5.10 Å². The van der Waals surface area contributed by atoms with Crippen LogP contribution in [0, 0.1) is 0 Å². The maximum Gasteiger partial charge on any atom is 0.344 e. The lowest BCUT2D eigenvalue weighted by molar-refractivity contribution is 0.216. The number of hydrogen-bond acceptors (Lipinski definition) is 2. The molecule has 0 aliphatic rings. The first-order chi connectivity index (χ1) is 13.7. The van der Waals surface area contributed by atoms with E-state index in [2.05, 4.69) is 12.1 Å². The molecule has 0 atom stereocenters. The van der Waals surface area contributed by atoms with Gasteiger partial charge in [0, 0.05) is 30.8 Å². The molecule has 4 aromatic rings. The van der Waals surface area contributed by atoms with Gasteiger partial charge in [-0.15, -0.1) is 0 Å². The maximum atomic E-state index is 13.0. The van der Waals surface area contributed by atoms with Crippen LogP contribution in [0.2, 0.25) is 0 Å². The Morgan fingerprint density at radius 3 is 1.68 bits per heavy atom. The third-order valence-corrected chi connectivity index (χ3v) is 4.61. The standard InChI is InChI=1S/C24H21N3O/c1-26(2)24(28)27-23(20-16-10-5-11-17-20)21(18-12-6-3-7-13-18)22(25-27)19-14-8-4-9-15-19/h3-17H,1-2H3. The monoisotopic (exact) mass is 367 g/mol. The molecule has 4 heteroatoms. The lowest BCUT2D eigenvalue weighted by Crippen LogP contribution is -2.28. The van der Waals surface area contributed by atoms with Crippen molar-refractivity contribution >= 4 is 6.03 Å². The van der Waals surface area contributed by atoms with Crippen molar-refractivity contribution in [3.63, 3.8) is 0 Å². The second-order valence-corrected chi connectivity index (χ2v) is 6.76. The highest BCUT2D eigenvalue weighted by Gasteiger charge is 2.25. The van der Waals surface area contributed by atoms with Crippen molar-refractivity contribution < 1.29 is 4.79 Å². The Balaban J connectivity index is 2.09. The smallest absolute Gasteiger partial charge is 0.329 e. The molecule has 0 N–H and O–H groups in total. The van der Waals surface area contributed by atoms with E-state index in [1.807, 2.05) is 78.9 Å². The number of carbonyl (C=O) groups is 1. The van der Waals surface area contributed by atoms with Gasteiger partial charge in [-0.2, -0.15) is 9.78 Å². The lowest BCUT2D eigenvalue weighted by atomic mass is 9.96. The summed E-state index contributed by atoms with van der Waals surface area (Å²) >= 11 is 0. The van der Waals surface area contributed by atoms with Gasteiger partial charge in [0.25, 0.3) is 0 Å². The molecule has 4 nitrogen and oxygen atoms in total. The first kappa shape index (κ1) is 17.7. The molecule has 3 aromatic carbocycles. The summed E-state index contributed by atoms with van der Waals surface area (Å²) in [5.41, 5.74) is 5.49. The van der Waals surface area contributed by atoms with E-state index in [-0.39, 0.29) is 6.03 Å². The Bertz CT molecular complexity index is 1080. The van der Waals surface area contributed by atoms with Crippen molar-refractivity contribution in [2.45, 2.75) is 0 Å². The van der Waals surface area contributed by atoms with Crippen LogP contribution in [0.25, 0.3) is 33.6 Å². The van der Waals surface area contributed by atoms with Gasteiger partial charge in [-0.3, -0.25) is 0 Å². The summed E-state index contributed by atoms with van der Waals surface area (Å²) in [4.78, 5) is 14.5. The fourth-order valence-electron chi connectivity index (χ4n) is 3.28. The van der Waals surface area contributed by atoms with Crippen LogP contribution in [0.5, 0.6) is 0 Å². The second-order valence-electron chi connectivity index (χ2n) is 6.76. The average Bonchev–Trinajstić information content (AvgIpc) is 3.15. The highest BCUT2D eigenvalue weighted by molar-refractivity contribution is 5.96. The number of aromatic nitrogens is 2. The minimum atomic E-state index is -0.182. The van der Waals surface area contributed by atoms with Crippen molar-refractivity contribution in [1.82, 2.24) is 14.7 Å². The first-order valence-electron chi connectivity index (χ1n) is 9.18. The summed E-state index contributed by atoms with van der Waals surface area (Å²) in [5, 5.41) is 4.78. The Kier molecular flexibility index (Phi) is 4.77. The number of benzene rings is 3. The molecule has 1 aromatic heterocycles. The van der Waals surface area contributed by atoms with Gasteiger partial charge in [-0.25, -0.2) is 4.79 Å². The number of amides is 1. The molecule has 0 saturated carbocycles. The zero-order valence-corrected chi connectivity index (χ0v) is 15.9. The Morgan fingerprint density at radius 2 is 1.18 bits per heavy atom. The summed E-state index contributed by atoms with van der Waals surface area (Å²) in [6, 6.07) is 29.9. The van der Waals surface area contributed by atoms with Gasteiger partial charge >= 0.3 is 6.03 Å². The van der Waals surface area contributed by atoms with Crippen LogP contribution in [0.1, 0.15) is 0 Å². The molecule has 1 heterocycles. The Morgan fingerprint density at radius 1 is 0.714 bits per heavy atom. The van der Waals surface area contributed by atoms with Gasteiger partial charge in [0.05, 0.1) is 5.69 Å². The first-order valence-corrected chi connectivity index (χ1v) is 9.18. The summed E-state index contributed by atoms with van der Waals surface area (Å²) < 4.78 is 1.51. The summed E-state index contributed by atoms with van der Waals surface area (Å²) in [6.07, 6.45) is 0. The molecule has 4 rings (SSSR count). The molecule has 0 spiro atoms. The van der Waals surface area contributed by atoms with Crippen LogP contribution in [0.15, 0.2) is 91.0 Å². The van der Waals surface area contributed by atoms with Crippen LogP contribution >= 0.6 is 0 Å². The molecule has 0 aliphatic heterocycles. The van der Waals surface area contributed by atoms with Crippen LogP contribution in [-0.2, 0) is 0 Å². The second kappa shape index (κ2) is 7.53. The normalized spacial score (nSPS) is 10.6. The fraction of sp³-hybridized carbons (Fsp3) is 0.0833. The van der Waals surface area contributed by atoms with Crippen molar-refractivity contribution in [2.24, 2.45) is 0 Å². The Labute approximate surface area is 164 Å². The van der Waals surface area contributed by atoms with E-state index in [0.717, 1.165) is 33.6 Å². The van der Waals surface area contributed by atoms with Crippen molar-refractivity contribution in [3.05, 3.63) is 91.0 Å². The van der Waals surface area contributed by atoms with E-state index in [1.165, 1.54) is 4.68 Å². The molecule has 138 valence electrons. The predicted molar refractivity (Wildman–Crippen MR) is 113 cm³/mol. The summed E-state index contributed by atoms with van der Waals surface area (Å²) in [5.74, 6) is 0. The number of nitrogens with zero attached hydrogens (tertiary/aromatic N) is 3. The minimum Gasteiger partial charge on any atom is -0.329 e. The van der Waals surface area contributed by atoms with Crippen LogP contribution in [0.3, 0.4) is 0 Å². The third kappa shape index (κ3) is 3.21. The van der Waals surface area contributed by atoms with E-state index in [1.54, 1.807) is 19.0 Å². The van der Waals surface area contributed by atoms with Crippen LogP contribution < -0.4 is 0 Å². The minimum absolute atomic E-state index is 0.182. The van der Waals surface area contributed by atoms with Crippen molar-refractivity contribution in [3.8, 4) is 33.6 Å². The van der Waals surface area contributed by atoms with Crippen molar-refractivity contribution in [2.75, 3.05) is 14.1 Å². The predicted octanol–water partition coefficient (Wildman–Crippen LogP) is 5.41. The highest BCUT2D eigenvalue weighted by atomic mass is 16.2. The molecule has 1 amide bonds. The number of rotatable bonds is 3. The van der Waals surface area contributed by atoms with E-state index in [0.29, 0.717) is 0 Å². The van der Waals surface area contributed by atoms with Gasteiger partial charge in [0.2, 0.25) is 0 Å². The van der Waals surface area contributed by atoms with Gasteiger partial charge in [-0.1, -0.05) is 91.0 Å². The van der Waals surface area contributed by atoms with Crippen molar-refractivity contribution in [1.29, 1.82) is 0 Å². The van der Waals surface area contributed by atoms with E-state index >= 15 is 0 Å². The number of carbonyl (C=O) groups excluding carboxylic acids is 1. The number of hydrogen-bond donors (Lipinski definition) is 0. The molecule has 28 heavy (non-hydrogen) atoms. The average molecular weight is 367 g/mol. The van der Waals surface area contributed by atoms with Gasteiger partial charge in [0.15, 0.2) is 0 Å². The van der Waals surface area contributed by atoms with Gasteiger partial charge < -0.3 is 4.90 Å². The third-order valence-electron chi connectivity index (χ3n) is 4.61. The summed E-state index contributed by atoms with van der Waals surface area (Å²) in [7, 11) is 3.48. The van der Waals surface area contributed by atoms with E-state index in [9.17, 15) is 4.79 Å². The molecule has 0 aliphatic carbocycles. The molecule has 0 fully saturated rings. The molecule has 0 saturated heterocycles. The topological polar surface area (TPSA) is 38.1 Å². The largest absolute Gasteiger partial charge is 0.344 e. The Hall–Kier alpha value is -3.66. The molecule has 0 radical (unpaired) electrons. The fourth-order valence-corrected chi connectivity index (χ4v) is 3.28. The molecule has 0 unspecified atom stereocenters. The molecular weight excluding hydrogens is 346 g/mol. The highest BCUT2D eigenvalue weighted by Crippen LogP contribution is 2.39. The zero-order chi connectivity index (χ0) is 19.5. The SMILES string of the molecule is CN(C)C(=O)n1nc(-c2ccccc2)c(-c2ccccc2)c1-c1ccccc1. The molecular formula is C24H21N3O. The van der Waals surface area contributed by atoms with Gasteiger partial charge in [-0.05, 0) is 5.56 Å². The summed E-state index contributed by atoms with van der Waals surface area (Å²) in [6.45, 7) is 0. The molecule has 0 bridgehead atoms. The van der Waals surface area contributed by atoms with Crippen LogP contribution in [-0.4, -0.2) is 34.8 Å². The quantitative estimate of drug-likeness (QED) is 0.485. The lowest BCUT2D eigenvalue weighted by Gasteiger charge is -2.13. The van der Waals surface area contributed by atoms with E-state index < -0.39 is 0 Å². The van der Waals surface area contributed by atoms with Crippen LogP contribution in [0.4, 0.5) is 4.79 Å². The maximum absolute atomic E-state index is 13.0. The zero-order valence-electron chi connectivity index (χ0n) is 15.9. The van der Waals surface area contributed by atoms with Gasteiger partial charge in [0.1, 0.15) is 5.69 Å².